The number of hydrogen-bond acceptors (Lipinski definition) is 2. The van der Waals surface area contributed by atoms with Crippen molar-refractivity contribution in [2.45, 2.75) is 11.3 Å². The second kappa shape index (κ2) is 13.5. The van der Waals surface area contributed by atoms with Crippen LogP contribution in [0.1, 0.15) is 22.4 Å². The van der Waals surface area contributed by atoms with Gasteiger partial charge in [-0.2, -0.15) is 0 Å². The molecular weight excluding hydrogens is 414 g/mol. The SMILES string of the molecule is CN(C)[C@H](c1ccccc1)[C@@H](S[C]1[CH][CH][CH][CH]1)c1ccccc1.[CH]1[CH][CH][CH][CH]1.[Fe+2]. The van der Waals surface area contributed by atoms with E-state index in [0.29, 0.717) is 11.3 Å². The van der Waals surface area contributed by atoms with E-state index in [1.807, 2.05) is 43.9 Å². The Bertz CT molecular complexity index is 643. The summed E-state index contributed by atoms with van der Waals surface area (Å²) in [6, 6.07) is 21.9. The Labute approximate surface area is 193 Å². The van der Waals surface area contributed by atoms with Crippen molar-refractivity contribution < 1.29 is 17.1 Å². The van der Waals surface area contributed by atoms with Crippen molar-refractivity contribution in [2.75, 3.05) is 14.1 Å². The Balaban J connectivity index is 0.000000437. The van der Waals surface area contributed by atoms with Gasteiger partial charge in [0.2, 0.25) is 0 Å². The molecular formula is C26H27FeNS+2. The van der Waals surface area contributed by atoms with E-state index in [9.17, 15) is 0 Å². The molecule has 0 saturated heterocycles. The molecule has 2 saturated carbocycles. The zero-order valence-corrected chi connectivity index (χ0v) is 18.8. The molecule has 2 atom stereocenters. The van der Waals surface area contributed by atoms with Gasteiger partial charge in [0.05, 0.1) is 6.04 Å². The number of nitrogens with zero attached hydrogens (tertiary/aromatic N) is 1. The summed E-state index contributed by atoms with van der Waals surface area (Å²) in [4.78, 5) is 2.32. The molecule has 0 N–H and O–H groups in total. The van der Waals surface area contributed by atoms with E-state index in [1.165, 1.54) is 16.4 Å². The molecule has 2 aliphatic rings. The standard InChI is InChI=1S/C21H22NS.C5H5.Fe/c1-22(2)20(17-11-5-3-6-12-17)21(18-13-7-4-8-14-18)23-19-15-9-10-16-19;1-2-4-5-3-1;/h3-16,20-21H,1-2H3;1-5H;/q;;+2/t20-,21+;;/m1../s1. The monoisotopic (exact) mass is 441 g/mol. The second-order valence-electron chi connectivity index (χ2n) is 6.85. The Hall–Kier alpha value is -0.731. The van der Waals surface area contributed by atoms with Gasteiger partial charge >= 0.3 is 17.1 Å². The summed E-state index contributed by atoms with van der Waals surface area (Å²) >= 11 is 1.94. The van der Waals surface area contributed by atoms with Crippen molar-refractivity contribution >= 4 is 11.8 Å². The number of likely N-dealkylation sites (N-methyl/N-ethyl adjacent to an activating group) is 1. The fraction of sp³-hybridized carbons (Fsp3) is 0.154. The summed E-state index contributed by atoms with van der Waals surface area (Å²) in [5.74, 6) is 0. The van der Waals surface area contributed by atoms with Crippen molar-refractivity contribution in [3.63, 3.8) is 0 Å². The molecule has 2 aromatic carbocycles. The third kappa shape index (κ3) is 7.79. The third-order valence-corrected chi connectivity index (χ3v) is 5.89. The van der Waals surface area contributed by atoms with Crippen LogP contribution in [0.5, 0.6) is 0 Å². The summed E-state index contributed by atoms with van der Waals surface area (Å²) in [7, 11) is 4.33. The molecule has 0 aromatic heterocycles. The van der Waals surface area contributed by atoms with Gasteiger partial charge in [-0.15, -0.1) is 11.8 Å². The van der Waals surface area contributed by atoms with Crippen LogP contribution in [0.25, 0.3) is 0 Å². The van der Waals surface area contributed by atoms with E-state index in [2.05, 4.69) is 105 Å². The molecule has 2 aliphatic carbocycles. The van der Waals surface area contributed by atoms with Crippen molar-refractivity contribution in [3.05, 3.63) is 135 Å². The van der Waals surface area contributed by atoms with Crippen molar-refractivity contribution in [1.29, 1.82) is 0 Å². The van der Waals surface area contributed by atoms with Gasteiger partial charge in [-0.05, 0) is 83.0 Å². The van der Waals surface area contributed by atoms with Crippen LogP contribution in [-0.4, -0.2) is 19.0 Å². The quantitative estimate of drug-likeness (QED) is 0.495. The average molecular weight is 441 g/mol. The van der Waals surface area contributed by atoms with Crippen LogP contribution in [0.2, 0.25) is 0 Å². The van der Waals surface area contributed by atoms with E-state index < -0.39 is 0 Å². The Morgan fingerprint density at radius 2 is 1.07 bits per heavy atom. The van der Waals surface area contributed by atoms with Crippen LogP contribution in [0.15, 0.2) is 60.7 Å². The van der Waals surface area contributed by atoms with Gasteiger partial charge in [-0.1, -0.05) is 60.7 Å². The molecule has 3 heteroatoms. The van der Waals surface area contributed by atoms with Gasteiger partial charge < -0.3 is 4.90 Å². The average Bonchev–Trinajstić information content (AvgIpc) is 3.46. The fourth-order valence-electron chi connectivity index (χ4n) is 3.25. The number of thioether (sulfide) groups is 1. The zero-order chi connectivity index (χ0) is 19.6. The largest absolute Gasteiger partial charge is 2.00 e. The molecule has 0 heterocycles. The van der Waals surface area contributed by atoms with Crippen LogP contribution in [0, 0.1) is 63.0 Å². The van der Waals surface area contributed by atoms with Gasteiger partial charge in [0.25, 0.3) is 0 Å². The predicted octanol–water partition coefficient (Wildman–Crippen LogP) is 6.15. The van der Waals surface area contributed by atoms with Gasteiger partial charge in [-0.3, -0.25) is 0 Å². The molecule has 0 bridgehead atoms. The molecule has 0 amide bonds. The van der Waals surface area contributed by atoms with E-state index in [4.69, 9.17) is 0 Å². The maximum Gasteiger partial charge on any atom is 2.00 e. The Morgan fingerprint density at radius 1 is 0.621 bits per heavy atom. The van der Waals surface area contributed by atoms with E-state index in [-0.39, 0.29) is 17.1 Å². The molecule has 0 spiro atoms. The predicted molar refractivity (Wildman–Crippen MR) is 122 cm³/mol. The van der Waals surface area contributed by atoms with E-state index in [0.717, 1.165) is 0 Å². The second-order valence-corrected chi connectivity index (χ2v) is 8.07. The summed E-state index contributed by atoms with van der Waals surface area (Å²) < 4.78 is 0. The first-order chi connectivity index (χ1) is 13.8. The molecule has 29 heavy (non-hydrogen) atoms. The maximum atomic E-state index is 2.32. The number of rotatable bonds is 6. The van der Waals surface area contributed by atoms with Gasteiger partial charge in [-0.25, -0.2) is 0 Å². The van der Waals surface area contributed by atoms with Crippen molar-refractivity contribution in [1.82, 2.24) is 4.90 Å². The molecule has 2 aromatic rings. The zero-order valence-electron chi connectivity index (χ0n) is 16.8. The minimum absolute atomic E-state index is 0. The van der Waals surface area contributed by atoms with E-state index in [1.54, 1.807) is 0 Å². The number of benzene rings is 2. The van der Waals surface area contributed by atoms with Crippen LogP contribution in [0.4, 0.5) is 0 Å². The Kier molecular flexibility index (Phi) is 11.5. The third-order valence-electron chi connectivity index (χ3n) is 4.56. The first kappa shape index (κ1) is 24.5. The van der Waals surface area contributed by atoms with Crippen LogP contribution in [-0.2, 0) is 17.1 Å². The summed E-state index contributed by atoms with van der Waals surface area (Å²) in [5, 5.41) is 1.66. The molecule has 148 valence electrons. The van der Waals surface area contributed by atoms with E-state index >= 15 is 0 Å². The first-order valence-electron chi connectivity index (χ1n) is 9.57. The van der Waals surface area contributed by atoms with Crippen LogP contribution >= 0.6 is 11.8 Å². The van der Waals surface area contributed by atoms with Crippen molar-refractivity contribution in [2.24, 2.45) is 0 Å². The van der Waals surface area contributed by atoms with Gasteiger partial charge in [0.15, 0.2) is 0 Å². The van der Waals surface area contributed by atoms with Crippen LogP contribution < -0.4 is 0 Å². The topological polar surface area (TPSA) is 3.24 Å². The molecule has 0 unspecified atom stereocenters. The van der Waals surface area contributed by atoms with Gasteiger partial charge in [0, 0.05) is 10.5 Å². The fourth-order valence-corrected chi connectivity index (χ4v) is 4.68. The molecule has 0 aliphatic heterocycles. The molecule has 10 radical (unpaired) electrons. The summed E-state index contributed by atoms with van der Waals surface area (Å²) in [6.07, 6.45) is 18.6. The van der Waals surface area contributed by atoms with Crippen LogP contribution in [0.3, 0.4) is 0 Å². The summed E-state index contributed by atoms with van der Waals surface area (Å²) in [5.41, 5.74) is 2.71. The smallest absolute Gasteiger partial charge is 0.301 e. The minimum atomic E-state index is 0. The first-order valence-corrected chi connectivity index (χ1v) is 10.4. The number of hydrogen-bond donors (Lipinski definition) is 0. The molecule has 1 nitrogen and oxygen atoms in total. The summed E-state index contributed by atoms with van der Waals surface area (Å²) in [6.45, 7) is 0. The van der Waals surface area contributed by atoms with Gasteiger partial charge in [0.1, 0.15) is 0 Å². The maximum absolute atomic E-state index is 2.32. The minimum Gasteiger partial charge on any atom is -0.301 e. The van der Waals surface area contributed by atoms with Crippen molar-refractivity contribution in [3.8, 4) is 0 Å². The molecule has 2 fully saturated rings. The molecule has 4 rings (SSSR count). The Morgan fingerprint density at radius 3 is 1.52 bits per heavy atom. The normalized spacial score (nSPS) is 18.6.